The van der Waals surface area contributed by atoms with Crippen LogP contribution in [0, 0.1) is 0 Å². The molecule has 11 heteroatoms. The lowest BCUT2D eigenvalue weighted by molar-refractivity contribution is -0.141. The summed E-state index contributed by atoms with van der Waals surface area (Å²) in [6.45, 7) is -0.00679. The fraction of sp³-hybridized carbons (Fsp3) is 0.421. The third-order valence-electron chi connectivity index (χ3n) is 4.65. The van der Waals surface area contributed by atoms with Crippen molar-refractivity contribution in [2.45, 2.75) is 36.3 Å². The molecular formula is C19H19F5N4OS. The SMILES string of the molecule is CSc1cccc(NC(=O)c2cc(C(F)(F)F)nnc2N2CCCC(F)(F)CC2)c1. The minimum atomic E-state index is -4.80. The van der Waals surface area contributed by atoms with Crippen molar-refractivity contribution in [1.29, 1.82) is 0 Å². The number of rotatable bonds is 4. The highest BCUT2D eigenvalue weighted by Gasteiger charge is 2.37. The van der Waals surface area contributed by atoms with Gasteiger partial charge >= 0.3 is 6.18 Å². The van der Waals surface area contributed by atoms with Crippen LogP contribution in [0.5, 0.6) is 0 Å². The van der Waals surface area contributed by atoms with Gasteiger partial charge in [-0.1, -0.05) is 6.07 Å². The van der Waals surface area contributed by atoms with Crippen molar-refractivity contribution >= 4 is 29.2 Å². The number of alkyl halides is 5. The Morgan fingerprint density at radius 1 is 1.17 bits per heavy atom. The van der Waals surface area contributed by atoms with E-state index in [0.29, 0.717) is 11.8 Å². The van der Waals surface area contributed by atoms with Gasteiger partial charge in [-0.15, -0.1) is 22.0 Å². The van der Waals surface area contributed by atoms with E-state index in [-0.39, 0.29) is 37.3 Å². The first kappa shape index (κ1) is 22.3. The lowest BCUT2D eigenvalue weighted by Crippen LogP contribution is -2.30. The van der Waals surface area contributed by atoms with Crippen LogP contribution in [0.1, 0.15) is 35.3 Å². The first-order chi connectivity index (χ1) is 14.1. The summed E-state index contributed by atoms with van der Waals surface area (Å²) in [5, 5.41) is 9.34. The van der Waals surface area contributed by atoms with Crippen molar-refractivity contribution < 1.29 is 26.7 Å². The van der Waals surface area contributed by atoms with Gasteiger partial charge in [-0.25, -0.2) is 8.78 Å². The van der Waals surface area contributed by atoms with E-state index < -0.39 is 30.1 Å². The summed E-state index contributed by atoms with van der Waals surface area (Å²) in [7, 11) is 0. The van der Waals surface area contributed by atoms with Crippen LogP contribution in [0.25, 0.3) is 0 Å². The Hall–Kier alpha value is -2.43. The molecule has 1 aliphatic heterocycles. The van der Waals surface area contributed by atoms with Crippen LogP contribution < -0.4 is 10.2 Å². The van der Waals surface area contributed by atoms with Crippen LogP contribution in [-0.4, -0.2) is 41.4 Å². The number of nitrogens with zero attached hydrogens (tertiary/aromatic N) is 3. The van der Waals surface area contributed by atoms with E-state index in [1.807, 2.05) is 12.3 Å². The van der Waals surface area contributed by atoms with Crippen LogP contribution in [0.2, 0.25) is 0 Å². The average Bonchev–Trinajstić information content (AvgIpc) is 2.87. The number of hydrogen-bond acceptors (Lipinski definition) is 5. The zero-order valence-electron chi connectivity index (χ0n) is 16.0. The number of anilines is 2. The molecule has 0 bridgehead atoms. The predicted octanol–water partition coefficient (Wildman–Crippen LogP) is 5.10. The fourth-order valence-corrected chi connectivity index (χ4v) is 3.56. The van der Waals surface area contributed by atoms with E-state index in [9.17, 15) is 26.7 Å². The molecule has 2 heterocycles. The molecule has 0 atom stereocenters. The molecule has 162 valence electrons. The maximum Gasteiger partial charge on any atom is 0.435 e. The zero-order chi connectivity index (χ0) is 21.9. The third-order valence-corrected chi connectivity index (χ3v) is 5.38. The highest BCUT2D eigenvalue weighted by molar-refractivity contribution is 7.98. The number of nitrogens with one attached hydrogen (secondary N) is 1. The lowest BCUT2D eigenvalue weighted by Gasteiger charge is -2.24. The number of aromatic nitrogens is 2. The largest absolute Gasteiger partial charge is 0.435 e. The molecule has 0 unspecified atom stereocenters. The van der Waals surface area contributed by atoms with Gasteiger partial charge in [0.15, 0.2) is 11.5 Å². The van der Waals surface area contributed by atoms with Gasteiger partial charge in [-0.2, -0.15) is 13.2 Å². The molecule has 1 amide bonds. The van der Waals surface area contributed by atoms with Crippen LogP contribution in [0.4, 0.5) is 33.5 Å². The Morgan fingerprint density at radius 3 is 2.63 bits per heavy atom. The Kier molecular flexibility index (Phi) is 6.49. The molecule has 1 fully saturated rings. The first-order valence-electron chi connectivity index (χ1n) is 9.12. The molecule has 0 saturated carbocycles. The minimum Gasteiger partial charge on any atom is -0.354 e. The van der Waals surface area contributed by atoms with Crippen LogP contribution in [0.3, 0.4) is 0 Å². The van der Waals surface area contributed by atoms with Crippen molar-refractivity contribution in [1.82, 2.24) is 10.2 Å². The summed E-state index contributed by atoms with van der Waals surface area (Å²) < 4.78 is 66.8. The summed E-state index contributed by atoms with van der Waals surface area (Å²) in [6, 6.07) is 7.40. The van der Waals surface area contributed by atoms with E-state index >= 15 is 0 Å². The molecule has 1 N–H and O–H groups in total. The van der Waals surface area contributed by atoms with E-state index in [4.69, 9.17) is 0 Å². The van der Waals surface area contributed by atoms with Crippen LogP contribution >= 0.6 is 11.8 Å². The van der Waals surface area contributed by atoms with Crippen LogP contribution in [-0.2, 0) is 6.18 Å². The lowest BCUT2D eigenvalue weighted by atomic mass is 10.1. The van der Waals surface area contributed by atoms with Gasteiger partial charge < -0.3 is 10.2 Å². The molecule has 30 heavy (non-hydrogen) atoms. The molecule has 2 aromatic rings. The molecule has 1 aromatic carbocycles. The summed E-state index contributed by atoms with van der Waals surface area (Å²) in [4.78, 5) is 15.1. The third kappa shape index (κ3) is 5.38. The van der Waals surface area contributed by atoms with Gasteiger partial charge in [0.2, 0.25) is 5.92 Å². The van der Waals surface area contributed by atoms with Gasteiger partial charge in [0.1, 0.15) is 0 Å². The predicted molar refractivity (Wildman–Crippen MR) is 104 cm³/mol. The van der Waals surface area contributed by atoms with E-state index in [1.165, 1.54) is 16.7 Å². The summed E-state index contributed by atoms with van der Waals surface area (Å²) in [5.74, 6) is -3.83. The van der Waals surface area contributed by atoms with E-state index in [2.05, 4.69) is 15.5 Å². The number of hydrogen-bond donors (Lipinski definition) is 1. The molecule has 0 spiro atoms. The summed E-state index contributed by atoms with van der Waals surface area (Å²) in [6.07, 6.45) is -3.65. The highest BCUT2D eigenvalue weighted by Crippen LogP contribution is 2.33. The number of amides is 1. The summed E-state index contributed by atoms with van der Waals surface area (Å²) >= 11 is 1.44. The van der Waals surface area contributed by atoms with Crippen molar-refractivity contribution in [3.05, 3.63) is 41.6 Å². The van der Waals surface area contributed by atoms with E-state index in [0.717, 1.165) is 4.90 Å². The van der Waals surface area contributed by atoms with Gasteiger partial charge in [0.25, 0.3) is 5.91 Å². The van der Waals surface area contributed by atoms with Crippen molar-refractivity contribution in [3.8, 4) is 0 Å². The van der Waals surface area contributed by atoms with Crippen molar-refractivity contribution in [2.75, 3.05) is 29.6 Å². The minimum absolute atomic E-state index is 0.118. The first-order valence-corrected chi connectivity index (χ1v) is 10.3. The Labute approximate surface area is 174 Å². The van der Waals surface area contributed by atoms with E-state index in [1.54, 1.807) is 18.2 Å². The monoisotopic (exact) mass is 446 g/mol. The fourth-order valence-electron chi connectivity index (χ4n) is 3.10. The topological polar surface area (TPSA) is 58.1 Å². The summed E-state index contributed by atoms with van der Waals surface area (Å²) in [5.41, 5.74) is -1.29. The molecule has 5 nitrogen and oxygen atoms in total. The number of carbonyl (C=O) groups excluding carboxylic acids is 1. The Bertz CT molecular complexity index is 922. The van der Waals surface area contributed by atoms with Gasteiger partial charge in [-0.3, -0.25) is 4.79 Å². The quantitative estimate of drug-likeness (QED) is 0.524. The molecule has 0 aliphatic carbocycles. The highest BCUT2D eigenvalue weighted by atomic mass is 32.2. The maximum atomic E-state index is 13.7. The number of halogens is 5. The maximum absolute atomic E-state index is 13.7. The molecule has 0 radical (unpaired) electrons. The molecular weight excluding hydrogens is 427 g/mol. The average molecular weight is 446 g/mol. The number of carbonyl (C=O) groups is 1. The smallest absolute Gasteiger partial charge is 0.354 e. The second kappa shape index (κ2) is 8.75. The second-order valence-corrected chi connectivity index (χ2v) is 7.73. The Balaban J connectivity index is 1.96. The Morgan fingerprint density at radius 2 is 1.93 bits per heavy atom. The molecule has 1 aliphatic rings. The van der Waals surface area contributed by atoms with Gasteiger partial charge in [0, 0.05) is 36.5 Å². The second-order valence-electron chi connectivity index (χ2n) is 6.85. The standard InChI is InChI=1S/C19H19F5N4OS/c1-30-13-5-2-4-12(10-13)25-17(29)14-11-15(19(22,23)24)26-27-16(14)28-8-3-6-18(20,21)7-9-28/h2,4-5,10-11H,3,6-9H2,1H3,(H,25,29). The normalized spacial score (nSPS) is 16.8. The molecule has 3 rings (SSSR count). The molecule has 1 saturated heterocycles. The number of thioether (sulfide) groups is 1. The van der Waals surface area contributed by atoms with Gasteiger partial charge in [-0.05, 0) is 36.9 Å². The van der Waals surface area contributed by atoms with Crippen LogP contribution in [0.15, 0.2) is 35.2 Å². The van der Waals surface area contributed by atoms with Crippen molar-refractivity contribution in [2.24, 2.45) is 0 Å². The molecule has 1 aromatic heterocycles. The zero-order valence-corrected chi connectivity index (χ0v) is 16.8. The number of benzene rings is 1. The van der Waals surface area contributed by atoms with Crippen molar-refractivity contribution in [3.63, 3.8) is 0 Å². The van der Waals surface area contributed by atoms with Gasteiger partial charge in [0.05, 0.1) is 5.56 Å².